The molecule has 0 spiro atoms. The van der Waals surface area contributed by atoms with Gasteiger partial charge in [0.2, 0.25) is 5.60 Å². The summed E-state index contributed by atoms with van der Waals surface area (Å²) in [5.41, 5.74) is -0.920. The average molecular weight is 328 g/mol. The first-order valence-corrected chi connectivity index (χ1v) is 7.91. The smallest absolute Gasteiger partial charge is 0.347 e. The summed E-state index contributed by atoms with van der Waals surface area (Å²) in [6, 6.07) is 17.6. The van der Waals surface area contributed by atoms with E-state index in [-0.39, 0.29) is 19.5 Å². The molecule has 0 bridgehead atoms. The fourth-order valence-corrected chi connectivity index (χ4v) is 2.67. The van der Waals surface area contributed by atoms with Crippen LogP contribution in [0.2, 0.25) is 0 Å². The Morgan fingerprint density at radius 1 is 1.08 bits per heavy atom. The Bertz CT molecular complexity index is 610. The third kappa shape index (κ3) is 3.48. The summed E-state index contributed by atoms with van der Waals surface area (Å²) < 4.78 is 15.9. The average Bonchev–Trinajstić information content (AvgIpc) is 2.67. The van der Waals surface area contributed by atoms with Gasteiger partial charge in [0.25, 0.3) is 0 Å². The number of benzene rings is 2. The minimum atomic E-state index is -1.85. The van der Waals surface area contributed by atoms with Crippen molar-refractivity contribution in [3.8, 4) is 0 Å². The summed E-state index contributed by atoms with van der Waals surface area (Å²) in [6.45, 7) is 0.859. The van der Waals surface area contributed by atoms with Gasteiger partial charge in [0.05, 0.1) is 12.7 Å². The van der Waals surface area contributed by atoms with E-state index >= 15 is 0 Å². The summed E-state index contributed by atoms with van der Waals surface area (Å²) in [5, 5.41) is 11.2. The van der Waals surface area contributed by atoms with Gasteiger partial charge in [0.1, 0.15) is 13.4 Å². The summed E-state index contributed by atoms with van der Waals surface area (Å²) in [7, 11) is 0. The maximum Gasteiger partial charge on any atom is 0.347 e. The molecule has 0 saturated carbocycles. The fraction of sp³-hybridized carbons (Fsp3) is 0.316. The third-order valence-electron chi connectivity index (χ3n) is 4.05. The highest BCUT2D eigenvalue weighted by atomic mass is 16.7. The van der Waals surface area contributed by atoms with Crippen LogP contribution >= 0.6 is 0 Å². The maximum absolute atomic E-state index is 12.7. The van der Waals surface area contributed by atoms with Crippen LogP contribution < -0.4 is 0 Å². The normalized spacial score (nSPS) is 18.1. The van der Waals surface area contributed by atoms with Crippen molar-refractivity contribution in [1.82, 2.24) is 0 Å². The van der Waals surface area contributed by atoms with E-state index in [9.17, 15) is 9.90 Å². The van der Waals surface area contributed by atoms with Crippen molar-refractivity contribution in [3.05, 3.63) is 71.8 Å². The van der Waals surface area contributed by atoms with Crippen LogP contribution in [-0.2, 0) is 24.6 Å². The van der Waals surface area contributed by atoms with Crippen LogP contribution in [0.1, 0.15) is 17.5 Å². The van der Waals surface area contributed by atoms with Crippen molar-refractivity contribution >= 4 is 5.97 Å². The van der Waals surface area contributed by atoms with Gasteiger partial charge < -0.3 is 19.3 Å². The van der Waals surface area contributed by atoms with Gasteiger partial charge >= 0.3 is 5.97 Å². The Morgan fingerprint density at radius 3 is 2.17 bits per heavy atom. The lowest BCUT2D eigenvalue weighted by atomic mass is 9.86. The summed E-state index contributed by atoms with van der Waals surface area (Å²) in [4.78, 5) is 12.7. The molecule has 24 heavy (non-hydrogen) atoms. The number of aliphatic hydroxyl groups is 1. The topological polar surface area (TPSA) is 65.0 Å². The van der Waals surface area contributed by atoms with Crippen LogP contribution in [0.4, 0.5) is 0 Å². The van der Waals surface area contributed by atoms with E-state index in [1.54, 1.807) is 48.5 Å². The molecular weight excluding hydrogens is 308 g/mol. The minimum absolute atomic E-state index is 0.0875. The summed E-state index contributed by atoms with van der Waals surface area (Å²) in [5.74, 6) is -0.713. The molecule has 1 fully saturated rings. The van der Waals surface area contributed by atoms with E-state index in [4.69, 9.17) is 14.2 Å². The van der Waals surface area contributed by atoms with E-state index in [0.717, 1.165) is 0 Å². The largest absolute Gasteiger partial charge is 0.460 e. The molecule has 1 heterocycles. The first kappa shape index (κ1) is 16.6. The highest BCUT2D eigenvalue weighted by Crippen LogP contribution is 2.31. The Labute approximate surface area is 140 Å². The number of hydrogen-bond acceptors (Lipinski definition) is 5. The molecule has 0 amide bonds. The Balaban J connectivity index is 1.83. The number of carbonyl (C=O) groups is 1. The fourth-order valence-electron chi connectivity index (χ4n) is 2.67. The van der Waals surface area contributed by atoms with Crippen LogP contribution in [-0.4, -0.2) is 37.2 Å². The van der Waals surface area contributed by atoms with Crippen molar-refractivity contribution < 1.29 is 24.1 Å². The SMILES string of the molecule is O=C(OC[C@@H]1CCOCO1)C(O)(c1ccccc1)c1ccccc1. The van der Waals surface area contributed by atoms with Crippen LogP contribution in [0.3, 0.4) is 0 Å². The van der Waals surface area contributed by atoms with Crippen LogP contribution in [0, 0.1) is 0 Å². The zero-order valence-corrected chi connectivity index (χ0v) is 13.3. The van der Waals surface area contributed by atoms with Crippen molar-refractivity contribution in [1.29, 1.82) is 0 Å². The predicted octanol–water partition coefficient (Wildman–Crippen LogP) is 2.23. The molecule has 2 aromatic carbocycles. The lowest BCUT2D eigenvalue weighted by molar-refractivity contribution is -0.180. The highest BCUT2D eigenvalue weighted by Gasteiger charge is 2.41. The highest BCUT2D eigenvalue weighted by molar-refractivity contribution is 5.85. The van der Waals surface area contributed by atoms with Crippen molar-refractivity contribution in [2.24, 2.45) is 0 Å². The zero-order valence-electron chi connectivity index (χ0n) is 13.3. The van der Waals surface area contributed by atoms with Gasteiger partial charge in [-0.15, -0.1) is 0 Å². The quantitative estimate of drug-likeness (QED) is 0.853. The molecule has 5 heteroatoms. The molecule has 0 aromatic heterocycles. The standard InChI is InChI=1S/C19H20O5/c20-18(23-13-17-11-12-22-14-24-17)19(21,15-7-3-1-4-8-15)16-9-5-2-6-10-16/h1-10,17,21H,11-14H2/t17-/m0/s1. The van der Waals surface area contributed by atoms with Crippen molar-refractivity contribution in [3.63, 3.8) is 0 Å². The van der Waals surface area contributed by atoms with Crippen LogP contribution in [0.15, 0.2) is 60.7 Å². The van der Waals surface area contributed by atoms with Gasteiger partial charge in [-0.2, -0.15) is 0 Å². The number of rotatable bonds is 5. The van der Waals surface area contributed by atoms with E-state index in [2.05, 4.69) is 0 Å². The minimum Gasteiger partial charge on any atom is -0.460 e. The van der Waals surface area contributed by atoms with E-state index in [1.807, 2.05) is 12.1 Å². The van der Waals surface area contributed by atoms with Gasteiger partial charge in [0.15, 0.2) is 0 Å². The second kappa shape index (κ2) is 7.57. The number of esters is 1. The number of ether oxygens (including phenoxy) is 3. The van der Waals surface area contributed by atoms with Gasteiger partial charge in [-0.05, 0) is 11.1 Å². The second-order valence-corrected chi connectivity index (χ2v) is 5.64. The van der Waals surface area contributed by atoms with E-state index < -0.39 is 11.6 Å². The lowest BCUT2D eigenvalue weighted by Crippen LogP contribution is -2.40. The molecule has 1 N–H and O–H groups in total. The zero-order chi connectivity index (χ0) is 16.8. The molecule has 0 unspecified atom stereocenters. The molecule has 126 valence electrons. The molecule has 2 aromatic rings. The molecule has 1 aliphatic rings. The molecule has 3 rings (SSSR count). The van der Waals surface area contributed by atoms with Gasteiger partial charge in [0, 0.05) is 6.42 Å². The molecular formula is C19H20O5. The first-order valence-electron chi connectivity index (χ1n) is 7.91. The van der Waals surface area contributed by atoms with Crippen molar-refractivity contribution in [2.75, 3.05) is 20.0 Å². The number of carbonyl (C=O) groups excluding carboxylic acids is 1. The van der Waals surface area contributed by atoms with Gasteiger partial charge in [-0.25, -0.2) is 4.79 Å². The molecule has 0 aliphatic carbocycles. The Hall–Kier alpha value is -2.21. The van der Waals surface area contributed by atoms with Crippen LogP contribution in [0.5, 0.6) is 0 Å². The van der Waals surface area contributed by atoms with Gasteiger partial charge in [-0.1, -0.05) is 60.7 Å². The molecule has 0 radical (unpaired) electrons. The molecule has 1 saturated heterocycles. The predicted molar refractivity (Wildman–Crippen MR) is 87.2 cm³/mol. The lowest BCUT2D eigenvalue weighted by Gasteiger charge is -2.29. The van der Waals surface area contributed by atoms with Gasteiger partial charge in [-0.3, -0.25) is 0 Å². The summed E-state index contributed by atoms with van der Waals surface area (Å²) in [6.07, 6.45) is 0.445. The van der Waals surface area contributed by atoms with Crippen molar-refractivity contribution in [2.45, 2.75) is 18.1 Å². The van der Waals surface area contributed by atoms with E-state index in [0.29, 0.717) is 24.2 Å². The molecule has 5 nitrogen and oxygen atoms in total. The first-order chi connectivity index (χ1) is 11.7. The molecule has 1 atom stereocenters. The number of hydrogen-bond donors (Lipinski definition) is 1. The Kier molecular flexibility index (Phi) is 5.25. The monoisotopic (exact) mass is 328 g/mol. The van der Waals surface area contributed by atoms with E-state index in [1.165, 1.54) is 0 Å². The second-order valence-electron chi connectivity index (χ2n) is 5.64. The maximum atomic E-state index is 12.7. The molecule has 1 aliphatic heterocycles. The Morgan fingerprint density at radius 2 is 1.67 bits per heavy atom. The van der Waals surface area contributed by atoms with Crippen LogP contribution in [0.25, 0.3) is 0 Å². The summed E-state index contributed by atoms with van der Waals surface area (Å²) >= 11 is 0. The third-order valence-corrected chi connectivity index (χ3v) is 4.05.